The zero-order valence-electron chi connectivity index (χ0n) is 11.8. The fourth-order valence-electron chi connectivity index (χ4n) is 2.15. The quantitative estimate of drug-likeness (QED) is 0.621. The Morgan fingerprint density at radius 3 is 2.62 bits per heavy atom. The zero-order valence-corrected chi connectivity index (χ0v) is 11.8. The van der Waals surface area contributed by atoms with Crippen LogP contribution < -0.4 is 0 Å². The van der Waals surface area contributed by atoms with Crippen LogP contribution in [0.5, 0.6) is 0 Å². The van der Waals surface area contributed by atoms with E-state index in [-0.39, 0.29) is 32.0 Å². The molecule has 112 valence electrons. The number of esters is 1. The molecule has 0 saturated carbocycles. The number of hydrogen-bond donors (Lipinski definition) is 0. The van der Waals surface area contributed by atoms with Crippen LogP contribution in [-0.4, -0.2) is 41.9 Å². The summed E-state index contributed by atoms with van der Waals surface area (Å²) in [5.74, 6) is -1.01. The molecule has 0 aromatic heterocycles. The fraction of sp³-hybridized carbons (Fsp3) is 0.400. The number of benzene rings is 1. The lowest BCUT2D eigenvalue weighted by atomic mass is 10.2. The van der Waals surface area contributed by atoms with E-state index in [1.807, 2.05) is 30.3 Å². The number of likely N-dealkylation sites (tertiary alicyclic amines) is 1. The van der Waals surface area contributed by atoms with Crippen molar-refractivity contribution in [2.75, 3.05) is 13.2 Å². The lowest BCUT2D eigenvalue weighted by molar-refractivity contribution is -0.150. The summed E-state index contributed by atoms with van der Waals surface area (Å²) in [5, 5.41) is 0. The average molecular weight is 291 g/mol. The first-order chi connectivity index (χ1) is 10.1. The molecule has 1 aromatic rings. The summed E-state index contributed by atoms with van der Waals surface area (Å²) in [6.07, 6.45) is -0.535. The molecule has 1 aromatic carbocycles. The smallest absolute Gasteiger partial charge is 0.411 e. The van der Waals surface area contributed by atoms with Crippen LogP contribution in [0.2, 0.25) is 0 Å². The SMILES string of the molecule is CCOC(=O)[C@H]1C(=O)CCN1C(=O)OCc1ccccc1. The van der Waals surface area contributed by atoms with Crippen LogP contribution in [0.25, 0.3) is 0 Å². The Labute approximate surface area is 122 Å². The van der Waals surface area contributed by atoms with E-state index < -0.39 is 18.1 Å². The summed E-state index contributed by atoms with van der Waals surface area (Å²) in [5.41, 5.74) is 0.837. The van der Waals surface area contributed by atoms with E-state index in [9.17, 15) is 14.4 Å². The molecule has 1 saturated heterocycles. The highest BCUT2D eigenvalue weighted by atomic mass is 16.6. The maximum Gasteiger partial charge on any atom is 0.411 e. The Balaban J connectivity index is 1.97. The van der Waals surface area contributed by atoms with E-state index in [1.165, 1.54) is 0 Å². The van der Waals surface area contributed by atoms with Gasteiger partial charge in [0, 0.05) is 13.0 Å². The summed E-state index contributed by atoms with van der Waals surface area (Å²) in [6, 6.07) is 8.01. The van der Waals surface area contributed by atoms with Gasteiger partial charge in [-0.25, -0.2) is 9.59 Å². The van der Waals surface area contributed by atoms with Gasteiger partial charge in [-0.05, 0) is 12.5 Å². The van der Waals surface area contributed by atoms with Gasteiger partial charge in [0.05, 0.1) is 6.61 Å². The molecular formula is C15H17NO5. The van der Waals surface area contributed by atoms with Gasteiger partial charge in [0.1, 0.15) is 6.61 Å². The third-order valence-electron chi connectivity index (χ3n) is 3.17. The highest BCUT2D eigenvalue weighted by molar-refractivity contribution is 6.07. The maximum absolute atomic E-state index is 12.0. The topological polar surface area (TPSA) is 72.9 Å². The first-order valence-electron chi connectivity index (χ1n) is 6.80. The molecule has 0 spiro atoms. The van der Waals surface area contributed by atoms with E-state index in [2.05, 4.69) is 0 Å². The largest absolute Gasteiger partial charge is 0.464 e. The molecule has 2 rings (SSSR count). The van der Waals surface area contributed by atoms with E-state index >= 15 is 0 Å². The number of carbonyl (C=O) groups is 3. The Bertz CT molecular complexity index is 528. The molecule has 1 aliphatic rings. The lowest BCUT2D eigenvalue weighted by Crippen LogP contribution is -2.44. The second-order valence-electron chi connectivity index (χ2n) is 4.60. The van der Waals surface area contributed by atoms with Crippen LogP contribution in [0.15, 0.2) is 30.3 Å². The Kier molecular flexibility index (Phi) is 4.92. The predicted molar refractivity (Wildman–Crippen MR) is 73.4 cm³/mol. The van der Waals surface area contributed by atoms with Crippen molar-refractivity contribution in [3.63, 3.8) is 0 Å². The molecule has 1 fully saturated rings. The number of rotatable bonds is 4. The molecule has 0 unspecified atom stereocenters. The molecule has 0 aliphatic carbocycles. The van der Waals surface area contributed by atoms with Gasteiger partial charge in [0.25, 0.3) is 0 Å². The molecule has 21 heavy (non-hydrogen) atoms. The van der Waals surface area contributed by atoms with Crippen molar-refractivity contribution in [3.05, 3.63) is 35.9 Å². The van der Waals surface area contributed by atoms with Crippen molar-refractivity contribution < 1.29 is 23.9 Å². The van der Waals surface area contributed by atoms with Gasteiger partial charge in [-0.3, -0.25) is 9.69 Å². The number of ether oxygens (including phenoxy) is 2. The molecule has 1 aliphatic heterocycles. The predicted octanol–water partition coefficient (Wildman–Crippen LogP) is 1.53. The van der Waals surface area contributed by atoms with E-state index in [1.54, 1.807) is 6.92 Å². The molecule has 6 heteroatoms. The first-order valence-corrected chi connectivity index (χ1v) is 6.80. The molecule has 1 amide bonds. The Morgan fingerprint density at radius 2 is 1.95 bits per heavy atom. The van der Waals surface area contributed by atoms with Gasteiger partial charge in [0.15, 0.2) is 11.8 Å². The van der Waals surface area contributed by atoms with E-state index in [0.717, 1.165) is 10.5 Å². The van der Waals surface area contributed by atoms with Gasteiger partial charge >= 0.3 is 12.1 Å². The van der Waals surface area contributed by atoms with Crippen molar-refractivity contribution in [2.24, 2.45) is 0 Å². The highest BCUT2D eigenvalue weighted by Crippen LogP contribution is 2.17. The summed E-state index contributed by atoms with van der Waals surface area (Å²) in [4.78, 5) is 36.6. The highest BCUT2D eigenvalue weighted by Gasteiger charge is 2.42. The van der Waals surface area contributed by atoms with E-state index in [0.29, 0.717) is 0 Å². The number of ketones is 1. The van der Waals surface area contributed by atoms with Crippen LogP contribution in [0, 0.1) is 0 Å². The third kappa shape index (κ3) is 3.59. The number of Topliss-reactive ketones (excluding diaryl/α,β-unsaturated/α-hetero) is 1. The van der Waals surface area contributed by atoms with Crippen molar-refractivity contribution >= 4 is 17.8 Å². The van der Waals surface area contributed by atoms with Crippen molar-refractivity contribution in [1.29, 1.82) is 0 Å². The minimum absolute atomic E-state index is 0.0971. The molecule has 1 heterocycles. The minimum atomic E-state index is -1.17. The monoisotopic (exact) mass is 291 g/mol. The molecule has 0 radical (unpaired) electrons. The van der Waals surface area contributed by atoms with Crippen molar-refractivity contribution in [2.45, 2.75) is 26.0 Å². The Hall–Kier alpha value is -2.37. The minimum Gasteiger partial charge on any atom is -0.464 e. The van der Waals surface area contributed by atoms with Gasteiger partial charge < -0.3 is 9.47 Å². The summed E-state index contributed by atoms with van der Waals surface area (Å²) >= 11 is 0. The molecule has 1 atom stereocenters. The summed E-state index contributed by atoms with van der Waals surface area (Å²) < 4.78 is 9.98. The molecule has 0 N–H and O–H groups in total. The molecular weight excluding hydrogens is 274 g/mol. The summed E-state index contributed by atoms with van der Waals surface area (Å²) in [7, 11) is 0. The fourth-order valence-corrected chi connectivity index (χ4v) is 2.15. The molecule has 0 bridgehead atoms. The van der Waals surface area contributed by atoms with Gasteiger partial charge in [-0.15, -0.1) is 0 Å². The average Bonchev–Trinajstić information content (AvgIpc) is 2.88. The van der Waals surface area contributed by atoms with Crippen LogP contribution in [0.3, 0.4) is 0 Å². The lowest BCUT2D eigenvalue weighted by Gasteiger charge is -2.21. The number of carbonyl (C=O) groups excluding carboxylic acids is 3. The van der Waals surface area contributed by atoms with Crippen molar-refractivity contribution in [1.82, 2.24) is 4.90 Å². The summed E-state index contributed by atoms with van der Waals surface area (Å²) in [6.45, 7) is 2.08. The normalized spacial score (nSPS) is 17.7. The van der Waals surface area contributed by atoms with Gasteiger partial charge in [-0.2, -0.15) is 0 Å². The van der Waals surface area contributed by atoms with Gasteiger partial charge in [-0.1, -0.05) is 30.3 Å². The van der Waals surface area contributed by atoms with Crippen LogP contribution in [-0.2, 0) is 25.7 Å². The standard InChI is InChI=1S/C15H17NO5/c1-2-20-14(18)13-12(17)8-9-16(13)15(19)21-10-11-6-4-3-5-7-11/h3-7,13H,2,8-10H2,1H3/t13-/m1/s1. The first kappa shape index (κ1) is 15.0. The maximum atomic E-state index is 12.0. The van der Waals surface area contributed by atoms with Crippen molar-refractivity contribution in [3.8, 4) is 0 Å². The van der Waals surface area contributed by atoms with E-state index in [4.69, 9.17) is 9.47 Å². The molecule has 6 nitrogen and oxygen atoms in total. The van der Waals surface area contributed by atoms with Crippen LogP contribution in [0.1, 0.15) is 18.9 Å². The number of hydrogen-bond acceptors (Lipinski definition) is 5. The van der Waals surface area contributed by atoms with Gasteiger partial charge in [0.2, 0.25) is 0 Å². The zero-order chi connectivity index (χ0) is 15.2. The second-order valence-corrected chi connectivity index (χ2v) is 4.60. The number of amides is 1. The number of nitrogens with zero attached hydrogens (tertiary/aromatic N) is 1. The van der Waals surface area contributed by atoms with Crippen LogP contribution in [0.4, 0.5) is 4.79 Å². The second kappa shape index (κ2) is 6.88. The third-order valence-corrected chi connectivity index (χ3v) is 3.17. The van der Waals surface area contributed by atoms with Crippen LogP contribution >= 0.6 is 0 Å². The Morgan fingerprint density at radius 1 is 1.24 bits per heavy atom.